The monoisotopic (exact) mass is 142 g/mol. The summed E-state index contributed by atoms with van der Waals surface area (Å²) in [5.74, 6) is 5.94. The van der Waals surface area contributed by atoms with Crippen molar-refractivity contribution in [3.63, 3.8) is 0 Å². The predicted octanol–water partition coefficient (Wildman–Crippen LogP) is -2.50. The minimum atomic E-state index is 0.321. The molecule has 0 aromatic heterocycles. The van der Waals surface area contributed by atoms with Gasteiger partial charge in [-0.1, -0.05) is 0 Å². The summed E-state index contributed by atoms with van der Waals surface area (Å²) in [5.41, 5.74) is 13.7. The largest absolute Gasteiger partial charge is 0.398 e. The van der Waals surface area contributed by atoms with Crippen LogP contribution in [0.4, 0.5) is 0 Å². The van der Waals surface area contributed by atoms with Crippen LogP contribution in [0.3, 0.4) is 0 Å². The molecule has 0 spiro atoms. The summed E-state index contributed by atoms with van der Waals surface area (Å²) in [4.78, 5) is 3.81. The SMILES string of the molecule is NNC1=C(N)CN=C(N)N1. The molecule has 0 amide bonds. The Morgan fingerprint density at radius 3 is 2.70 bits per heavy atom. The quantitative estimate of drug-likeness (QED) is 0.205. The van der Waals surface area contributed by atoms with Crippen LogP contribution in [-0.4, -0.2) is 12.5 Å². The second-order valence-electron chi connectivity index (χ2n) is 1.87. The van der Waals surface area contributed by atoms with Crippen LogP contribution in [0.25, 0.3) is 0 Å². The lowest BCUT2D eigenvalue weighted by molar-refractivity contribution is 0.766. The molecular formula is C4H10N6. The number of aliphatic imine (C=N–C) groups is 1. The highest BCUT2D eigenvalue weighted by atomic mass is 15.3. The van der Waals surface area contributed by atoms with Crippen molar-refractivity contribution in [3.05, 3.63) is 11.5 Å². The van der Waals surface area contributed by atoms with Crippen LogP contribution in [0, 0.1) is 0 Å². The molecular weight excluding hydrogens is 132 g/mol. The Labute approximate surface area is 58.1 Å². The highest BCUT2D eigenvalue weighted by Crippen LogP contribution is 1.94. The average molecular weight is 142 g/mol. The van der Waals surface area contributed by atoms with Gasteiger partial charge in [-0.25, -0.2) is 10.8 Å². The number of hydrazine groups is 1. The summed E-state index contributed by atoms with van der Waals surface area (Å²) in [6, 6.07) is 0. The molecule has 1 aliphatic heterocycles. The number of nitrogens with two attached hydrogens (primary N) is 3. The molecule has 1 heterocycles. The molecule has 0 aliphatic carbocycles. The second-order valence-corrected chi connectivity index (χ2v) is 1.87. The van der Waals surface area contributed by atoms with Gasteiger partial charge in [0.05, 0.1) is 12.2 Å². The summed E-state index contributed by atoms with van der Waals surface area (Å²) in [7, 11) is 0. The standard InChI is InChI=1S/C4H10N6/c5-2-1-8-4(6)9-3(2)10-7/h10H,1,5,7H2,(H3,6,8,9). The molecule has 0 atom stereocenters. The Morgan fingerprint density at radius 1 is 1.50 bits per heavy atom. The lowest BCUT2D eigenvalue weighted by atomic mass is 10.4. The van der Waals surface area contributed by atoms with Gasteiger partial charge in [0.15, 0.2) is 5.96 Å². The molecule has 6 nitrogen and oxygen atoms in total. The molecule has 0 saturated heterocycles. The zero-order valence-electron chi connectivity index (χ0n) is 5.39. The minimum Gasteiger partial charge on any atom is -0.398 e. The molecule has 1 rings (SSSR count). The lowest BCUT2D eigenvalue weighted by Crippen LogP contribution is -2.44. The first kappa shape index (κ1) is 6.69. The third kappa shape index (κ3) is 1.11. The van der Waals surface area contributed by atoms with Gasteiger partial charge in [-0.2, -0.15) is 0 Å². The van der Waals surface area contributed by atoms with Crippen molar-refractivity contribution in [3.8, 4) is 0 Å². The summed E-state index contributed by atoms with van der Waals surface area (Å²) in [5, 5.41) is 2.66. The Morgan fingerprint density at radius 2 is 2.20 bits per heavy atom. The summed E-state index contributed by atoms with van der Waals surface area (Å²) in [6.07, 6.45) is 0. The van der Waals surface area contributed by atoms with Gasteiger partial charge in [-0.15, -0.1) is 0 Å². The van der Waals surface area contributed by atoms with E-state index in [1.54, 1.807) is 0 Å². The van der Waals surface area contributed by atoms with E-state index in [-0.39, 0.29) is 0 Å². The van der Waals surface area contributed by atoms with Gasteiger partial charge in [0.25, 0.3) is 0 Å². The van der Waals surface area contributed by atoms with Crippen LogP contribution in [0.2, 0.25) is 0 Å². The van der Waals surface area contributed by atoms with Crippen LogP contribution in [0.1, 0.15) is 0 Å². The Bertz CT molecular complexity index is 192. The maximum atomic E-state index is 5.46. The van der Waals surface area contributed by atoms with E-state index in [0.29, 0.717) is 24.0 Å². The lowest BCUT2D eigenvalue weighted by Gasteiger charge is -2.16. The van der Waals surface area contributed by atoms with Crippen LogP contribution in [0.5, 0.6) is 0 Å². The fraction of sp³-hybridized carbons (Fsp3) is 0.250. The van der Waals surface area contributed by atoms with Crippen molar-refractivity contribution in [2.24, 2.45) is 22.3 Å². The third-order valence-corrected chi connectivity index (χ3v) is 1.14. The van der Waals surface area contributed by atoms with Gasteiger partial charge in [0.1, 0.15) is 5.82 Å². The predicted molar refractivity (Wildman–Crippen MR) is 38.2 cm³/mol. The van der Waals surface area contributed by atoms with E-state index in [2.05, 4.69) is 15.7 Å². The van der Waals surface area contributed by atoms with Crippen LogP contribution >= 0.6 is 0 Å². The molecule has 0 aromatic rings. The Kier molecular flexibility index (Phi) is 1.63. The van der Waals surface area contributed by atoms with Gasteiger partial charge >= 0.3 is 0 Å². The number of guanidine groups is 1. The molecule has 0 radical (unpaired) electrons. The van der Waals surface area contributed by atoms with E-state index >= 15 is 0 Å². The molecule has 0 unspecified atom stereocenters. The number of rotatable bonds is 1. The number of hydrogen-bond donors (Lipinski definition) is 5. The topological polar surface area (TPSA) is 114 Å². The number of nitrogens with zero attached hydrogens (tertiary/aromatic N) is 1. The Balaban J connectivity index is 2.69. The third-order valence-electron chi connectivity index (χ3n) is 1.14. The van der Waals surface area contributed by atoms with E-state index in [4.69, 9.17) is 17.3 Å². The normalized spacial score (nSPS) is 17.9. The molecule has 8 N–H and O–H groups in total. The Hall–Kier alpha value is -1.43. The van der Waals surface area contributed by atoms with Gasteiger partial charge < -0.3 is 22.2 Å². The fourth-order valence-electron chi connectivity index (χ4n) is 0.626. The van der Waals surface area contributed by atoms with E-state index in [1.165, 1.54) is 0 Å². The van der Waals surface area contributed by atoms with E-state index < -0.39 is 0 Å². The first-order chi connectivity index (χ1) is 4.74. The molecule has 0 aromatic carbocycles. The van der Waals surface area contributed by atoms with Crippen molar-refractivity contribution < 1.29 is 0 Å². The van der Waals surface area contributed by atoms with E-state index in [0.717, 1.165) is 0 Å². The van der Waals surface area contributed by atoms with Crippen LogP contribution in [-0.2, 0) is 0 Å². The summed E-state index contributed by atoms with van der Waals surface area (Å²) in [6.45, 7) is 0.387. The van der Waals surface area contributed by atoms with Crippen molar-refractivity contribution in [2.75, 3.05) is 6.54 Å². The molecule has 56 valence electrons. The van der Waals surface area contributed by atoms with Gasteiger partial charge in [0, 0.05) is 0 Å². The minimum absolute atomic E-state index is 0.321. The second kappa shape index (κ2) is 2.44. The number of nitrogens with one attached hydrogen (secondary N) is 2. The van der Waals surface area contributed by atoms with Crippen molar-refractivity contribution in [1.29, 1.82) is 0 Å². The van der Waals surface area contributed by atoms with Gasteiger partial charge in [0.2, 0.25) is 0 Å². The summed E-state index contributed by atoms with van der Waals surface area (Å²) < 4.78 is 0. The zero-order valence-corrected chi connectivity index (χ0v) is 5.39. The molecule has 6 heteroatoms. The van der Waals surface area contributed by atoms with Crippen LogP contribution < -0.4 is 28.1 Å². The molecule has 0 fully saturated rings. The molecule has 10 heavy (non-hydrogen) atoms. The molecule has 0 saturated carbocycles. The first-order valence-electron chi connectivity index (χ1n) is 2.76. The van der Waals surface area contributed by atoms with E-state index in [9.17, 15) is 0 Å². The fourth-order valence-corrected chi connectivity index (χ4v) is 0.626. The van der Waals surface area contributed by atoms with Gasteiger partial charge in [-0.05, 0) is 0 Å². The highest BCUT2D eigenvalue weighted by Gasteiger charge is 2.07. The van der Waals surface area contributed by atoms with Crippen molar-refractivity contribution in [2.45, 2.75) is 0 Å². The van der Waals surface area contributed by atoms with Crippen LogP contribution in [0.15, 0.2) is 16.5 Å². The maximum absolute atomic E-state index is 5.46. The highest BCUT2D eigenvalue weighted by molar-refractivity contribution is 5.80. The summed E-state index contributed by atoms with van der Waals surface area (Å²) >= 11 is 0. The maximum Gasteiger partial charge on any atom is 0.194 e. The average Bonchev–Trinajstić information content (AvgIpc) is 1.94. The molecule has 1 aliphatic rings. The van der Waals surface area contributed by atoms with Gasteiger partial charge in [-0.3, -0.25) is 0 Å². The van der Waals surface area contributed by atoms with E-state index in [1.807, 2.05) is 0 Å². The molecule has 0 bridgehead atoms. The first-order valence-corrected chi connectivity index (χ1v) is 2.76. The zero-order chi connectivity index (χ0) is 7.56. The number of hydrogen-bond acceptors (Lipinski definition) is 6. The smallest absolute Gasteiger partial charge is 0.194 e. The van der Waals surface area contributed by atoms with Crippen molar-refractivity contribution >= 4 is 5.96 Å². The van der Waals surface area contributed by atoms with Crippen molar-refractivity contribution in [1.82, 2.24) is 10.7 Å².